The fraction of sp³-hybridized carbons (Fsp3) is 0.115. The summed E-state index contributed by atoms with van der Waals surface area (Å²) in [4.78, 5) is 41.5. The number of aldehydes is 1. The van der Waals surface area contributed by atoms with E-state index in [2.05, 4.69) is 36.6 Å². The molecule has 0 aliphatic rings. The lowest BCUT2D eigenvalue weighted by Gasteiger charge is -2.22. The molecule has 194 valence electrons. The average Bonchev–Trinajstić information content (AvgIpc) is 3.29. The normalized spacial score (nSPS) is 11.6. The Labute approximate surface area is 235 Å². The topological polar surface area (TPSA) is 126 Å². The molecule has 1 amide bonds. The smallest absolute Gasteiger partial charge is 0.326 e. The van der Waals surface area contributed by atoms with Crippen molar-refractivity contribution in [2.24, 2.45) is 0 Å². The van der Waals surface area contributed by atoms with Crippen LogP contribution in [-0.4, -0.2) is 44.1 Å². The van der Waals surface area contributed by atoms with E-state index in [-0.39, 0.29) is 44.9 Å². The molecule has 4 aromatic rings. The molecule has 0 saturated heterocycles. The molecule has 0 unspecified atom stereocenters. The number of hydrogen-bond donors (Lipinski definition) is 3. The first-order chi connectivity index (χ1) is 18.2. The Hall–Kier alpha value is -3.73. The minimum atomic E-state index is -1.09. The standard InChI is InChI=1S/C26H20BrCl2N5O4/c1-14-22(32-25(36)20-12-21(27)33-34(20)24-17(28)8-5-9-30-24)16(13-35)11-18(29)23(14)31-19(26(37)38)10-15-6-3-2-4-7-15/h2-9,11-13,19,31H,10H2,1H3,(H,32,36)(H,37,38)/t19-/m0/s1. The van der Waals surface area contributed by atoms with Crippen molar-refractivity contribution >= 4 is 68.7 Å². The molecule has 1 atom stereocenters. The minimum absolute atomic E-state index is 0.0886. The summed E-state index contributed by atoms with van der Waals surface area (Å²) in [6, 6.07) is 14.2. The summed E-state index contributed by atoms with van der Waals surface area (Å²) in [5.41, 5.74) is 1.84. The predicted octanol–water partition coefficient (Wildman–Crippen LogP) is 5.82. The van der Waals surface area contributed by atoms with E-state index < -0.39 is 17.9 Å². The fourth-order valence-electron chi connectivity index (χ4n) is 3.85. The number of carboxylic acid groups (broad SMARTS) is 1. The van der Waals surface area contributed by atoms with Crippen LogP contribution in [0.15, 0.2) is 65.4 Å². The summed E-state index contributed by atoms with van der Waals surface area (Å²) in [7, 11) is 0. The van der Waals surface area contributed by atoms with Crippen LogP contribution in [0, 0.1) is 6.92 Å². The Balaban J connectivity index is 1.70. The van der Waals surface area contributed by atoms with Crippen molar-refractivity contribution in [1.29, 1.82) is 0 Å². The predicted molar refractivity (Wildman–Crippen MR) is 149 cm³/mol. The Morgan fingerprint density at radius 3 is 2.50 bits per heavy atom. The third kappa shape index (κ3) is 5.88. The number of aliphatic carboxylic acids is 1. The number of nitrogens with zero attached hydrogens (tertiary/aromatic N) is 3. The number of nitrogens with one attached hydrogen (secondary N) is 2. The number of benzene rings is 2. The van der Waals surface area contributed by atoms with Crippen LogP contribution in [0.2, 0.25) is 10.0 Å². The molecule has 38 heavy (non-hydrogen) atoms. The zero-order valence-corrected chi connectivity index (χ0v) is 22.9. The van der Waals surface area contributed by atoms with E-state index in [0.29, 0.717) is 16.5 Å². The largest absolute Gasteiger partial charge is 0.480 e. The van der Waals surface area contributed by atoms with Crippen molar-refractivity contribution < 1.29 is 19.5 Å². The Morgan fingerprint density at radius 2 is 1.84 bits per heavy atom. The number of carboxylic acids is 1. The van der Waals surface area contributed by atoms with E-state index in [1.165, 1.54) is 23.0 Å². The van der Waals surface area contributed by atoms with Crippen LogP contribution >= 0.6 is 39.1 Å². The van der Waals surface area contributed by atoms with Crippen LogP contribution < -0.4 is 10.6 Å². The minimum Gasteiger partial charge on any atom is -0.480 e. The summed E-state index contributed by atoms with van der Waals surface area (Å²) >= 11 is 16.0. The summed E-state index contributed by atoms with van der Waals surface area (Å²) < 4.78 is 1.63. The lowest BCUT2D eigenvalue weighted by molar-refractivity contribution is -0.137. The van der Waals surface area contributed by atoms with Gasteiger partial charge in [0, 0.05) is 24.2 Å². The van der Waals surface area contributed by atoms with Crippen LogP contribution in [0.5, 0.6) is 0 Å². The molecule has 4 rings (SSSR count). The highest BCUT2D eigenvalue weighted by Crippen LogP contribution is 2.35. The lowest BCUT2D eigenvalue weighted by Crippen LogP contribution is -2.32. The van der Waals surface area contributed by atoms with E-state index in [1.807, 2.05) is 30.3 Å². The van der Waals surface area contributed by atoms with Gasteiger partial charge in [0.2, 0.25) is 0 Å². The van der Waals surface area contributed by atoms with Gasteiger partial charge < -0.3 is 15.7 Å². The molecule has 12 heteroatoms. The van der Waals surface area contributed by atoms with E-state index in [1.54, 1.807) is 19.1 Å². The highest BCUT2D eigenvalue weighted by atomic mass is 79.9. The molecule has 0 spiro atoms. The second kappa shape index (κ2) is 11.8. The van der Waals surface area contributed by atoms with Gasteiger partial charge in [0.1, 0.15) is 16.3 Å². The van der Waals surface area contributed by atoms with Gasteiger partial charge in [-0.15, -0.1) is 0 Å². The van der Waals surface area contributed by atoms with Crippen LogP contribution in [0.4, 0.5) is 11.4 Å². The summed E-state index contributed by atoms with van der Waals surface area (Å²) in [6.45, 7) is 1.63. The van der Waals surface area contributed by atoms with Crippen LogP contribution in [-0.2, 0) is 11.2 Å². The zero-order chi connectivity index (χ0) is 27.4. The van der Waals surface area contributed by atoms with Gasteiger partial charge in [-0.1, -0.05) is 53.5 Å². The molecule has 2 aromatic heterocycles. The van der Waals surface area contributed by atoms with Gasteiger partial charge >= 0.3 is 5.97 Å². The summed E-state index contributed by atoms with van der Waals surface area (Å²) in [5.74, 6) is -1.46. The van der Waals surface area contributed by atoms with Gasteiger partial charge in [-0.2, -0.15) is 5.10 Å². The third-order valence-corrected chi connectivity index (χ3v) is 6.66. The van der Waals surface area contributed by atoms with E-state index in [9.17, 15) is 19.5 Å². The average molecular weight is 617 g/mol. The van der Waals surface area contributed by atoms with Gasteiger partial charge in [0.15, 0.2) is 12.1 Å². The second-order valence-electron chi connectivity index (χ2n) is 8.19. The molecule has 0 aliphatic heterocycles. The molecule has 3 N–H and O–H groups in total. The first-order valence-electron chi connectivity index (χ1n) is 11.2. The maximum absolute atomic E-state index is 13.4. The molecule has 0 aliphatic carbocycles. The van der Waals surface area contributed by atoms with E-state index in [4.69, 9.17) is 23.2 Å². The molecule has 2 heterocycles. The van der Waals surface area contributed by atoms with Gasteiger partial charge in [-0.3, -0.25) is 9.59 Å². The monoisotopic (exact) mass is 615 g/mol. The number of rotatable bonds is 9. The molecule has 9 nitrogen and oxygen atoms in total. The van der Waals surface area contributed by atoms with Crippen molar-refractivity contribution in [3.05, 3.63) is 97.8 Å². The van der Waals surface area contributed by atoms with E-state index in [0.717, 1.165) is 5.56 Å². The molecule has 0 saturated carbocycles. The molecular formula is C26H20BrCl2N5O4. The number of carbonyl (C=O) groups excluding carboxylic acids is 2. The number of aromatic nitrogens is 3. The van der Waals surface area contributed by atoms with Gasteiger partial charge in [0.05, 0.1) is 21.4 Å². The molecule has 0 fully saturated rings. The third-order valence-electron chi connectivity index (χ3n) is 5.68. The fourth-order valence-corrected chi connectivity index (χ4v) is 4.74. The van der Waals surface area contributed by atoms with Crippen molar-refractivity contribution in [3.63, 3.8) is 0 Å². The summed E-state index contributed by atoms with van der Waals surface area (Å²) in [5, 5.41) is 20.2. The van der Waals surface area contributed by atoms with Gasteiger partial charge in [0.25, 0.3) is 5.91 Å². The first kappa shape index (κ1) is 27.3. The van der Waals surface area contributed by atoms with Crippen molar-refractivity contribution in [1.82, 2.24) is 14.8 Å². The highest BCUT2D eigenvalue weighted by molar-refractivity contribution is 9.10. The molecule has 0 bridgehead atoms. The molecule has 0 radical (unpaired) electrons. The zero-order valence-electron chi connectivity index (χ0n) is 19.8. The maximum Gasteiger partial charge on any atom is 0.326 e. The van der Waals surface area contributed by atoms with Crippen molar-refractivity contribution in [2.75, 3.05) is 10.6 Å². The number of carbonyl (C=O) groups is 3. The lowest BCUT2D eigenvalue weighted by atomic mass is 10.0. The second-order valence-corrected chi connectivity index (χ2v) is 9.82. The number of halogens is 3. The SMILES string of the molecule is Cc1c(N[C@@H](Cc2ccccc2)C(=O)O)c(Cl)cc(C=O)c1NC(=O)c1cc(Br)nn1-c1ncccc1Cl. The van der Waals surface area contributed by atoms with Gasteiger partial charge in [-0.25, -0.2) is 14.5 Å². The maximum atomic E-state index is 13.4. The summed E-state index contributed by atoms with van der Waals surface area (Å²) in [6.07, 6.45) is 2.25. The van der Waals surface area contributed by atoms with Crippen molar-refractivity contribution in [2.45, 2.75) is 19.4 Å². The Bertz CT molecular complexity index is 1530. The van der Waals surface area contributed by atoms with Crippen LogP contribution in [0.3, 0.4) is 0 Å². The van der Waals surface area contributed by atoms with Crippen LogP contribution in [0.25, 0.3) is 5.82 Å². The molecule has 2 aromatic carbocycles. The van der Waals surface area contributed by atoms with Crippen LogP contribution in [0.1, 0.15) is 32.0 Å². The number of anilines is 2. The first-order valence-corrected chi connectivity index (χ1v) is 12.7. The molecular weight excluding hydrogens is 597 g/mol. The highest BCUT2D eigenvalue weighted by Gasteiger charge is 2.25. The number of hydrogen-bond acceptors (Lipinski definition) is 6. The number of pyridine rings is 1. The van der Waals surface area contributed by atoms with E-state index >= 15 is 0 Å². The quantitative estimate of drug-likeness (QED) is 0.202. The Morgan fingerprint density at radius 1 is 1.11 bits per heavy atom. The number of amides is 1. The Kier molecular flexibility index (Phi) is 8.45. The van der Waals surface area contributed by atoms with Gasteiger partial charge in [-0.05, 0) is 52.2 Å². The van der Waals surface area contributed by atoms with Crippen molar-refractivity contribution in [3.8, 4) is 5.82 Å².